The molecule has 1 N–H and O–H groups in total. The number of nitrogens with one attached hydrogen (secondary N) is 1. The number of fused-ring (bicyclic) bond motifs is 1. The molecule has 0 atom stereocenters. The second kappa shape index (κ2) is 7.55. The number of thiophene rings is 1. The molecule has 0 aromatic carbocycles. The van der Waals surface area contributed by atoms with E-state index in [1.807, 2.05) is 13.8 Å². The fraction of sp³-hybridized carbons (Fsp3) is 0.429. The third-order valence-electron chi connectivity index (χ3n) is 3.01. The molecule has 6 nitrogen and oxygen atoms in total. The van der Waals surface area contributed by atoms with Gasteiger partial charge in [-0.25, -0.2) is 9.97 Å². The van der Waals surface area contributed by atoms with Gasteiger partial charge in [0.05, 0.1) is 12.4 Å². The van der Waals surface area contributed by atoms with Gasteiger partial charge in [0.1, 0.15) is 22.7 Å². The van der Waals surface area contributed by atoms with Gasteiger partial charge >= 0.3 is 5.97 Å². The summed E-state index contributed by atoms with van der Waals surface area (Å²) >= 11 is 2.96. The van der Waals surface area contributed by atoms with E-state index in [1.54, 1.807) is 18.3 Å². The van der Waals surface area contributed by atoms with Crippen molar-refractivity contribution in [2.45, 2.75) is 25.8 Å². The summed E-state index contributed by atoms with van der Waals surface area (Å²) in [6.45, 7) is 5.99. The van der Waals surface area contributed by atoms with Gasteiger partial charge in [0.25, 0.3) is 0 Å². The van der Waals surface area contributed by atoms with E-state index >= 15 is 0 Å². The van der Waals surface area contributed by atoms with Crippen LogP contribution in [0, 0.1) is 13.8 Å². The molecule has 0 bridgehead atoms. The first kappa shape index (κ1) is 16.7. The minimum Gasteiger partial charge on any atom is -0.465 e. The number of esters is 1. The highest BCUT2D eigenvalue weighted by molar-refractivity contribution is 8.00. The number of aromatic nitrogens is 2. The second-order valence-electron chi connectivity index (χ2n) is 4.51. The van der Waals surface area contributed by atoms with E-state index in [2.05, 4.69) is 15.3 Å². The Morgan fingerprint density at radius 1 is 1.36 bits per heavy atom. The van der Waals surface area contributed by atoms with Crippen LogP contribution in [0.4, 0.5) is 0 Å². The van der Waals surface area contributed by atoms with Crippen LogP contribution < -0.4 is 5.32 Å². The molecular weight excluding hydrogens is 322 g/mol. The van der Waals surface area contributed by atoms with Crippen LogP contribution in [0.1, 0.15) is 17.4 Å². The molecule has 0 aliphatic rings. The highest BCUT2D eigenvalue weighted by atomic mass is 32.2. The van der Waals surface area contributed by atoms with Gasteiger partial charge in [-0.3, -0.25) is 9.59 Å². The fourth-order valence-corrected chi connectivity index (χ4v) is 3.77. The summed E-state index contributed by atoms with van der Waals surface area (Å²) in [5.74, 6) is -0.469. The number of thioether (sulfide) groups is 1. The van der Waals surface area contributed by atoms with Crippen molar-refractivity contribution < 1.29 is 14.3 Å². The van der Waals surface area contributed by atoms with Crippen molar-refractivity contribution in [1.29, 1.82) is 0 Å². The zero-order valence-corrected chi connectivity index (χ0v) is 14.3. The number of aryl methyl sites for hydroxylation is 2. The molecule has 0 aliphatic carbocycles. The van der Waals surface area contributed by atoms with Gasteiger partial charge < -0.3 is 10.1 Å². The number of ether oxygens (including phenoxy) is 1. The SMILES string of the molecule is CCOC(=O)CNC(=O)CSc1ncnc2sc(C)c(C)c12. The fourth-order valence-electron chi connectivity index (χ4n) is 1.83. The molecule has 0 saturated heterocycles. The lowest BCUT2D eigenvalue weighted by Crippen LogP contribution is -2.31. The number of amides is 1. The largest absolute Gasteiger partial charge is 0.465 e. The lowest BCUT2D eigenvalue weighted by molar-refractivity contribution is -0.143. The van der Waals surface area contributed by atoms with Crippen LogP contribution in [0.3, 0.4) is 0 Å². The average molecular weight is 339 g/mol. The molecule has 0 radical (unpaired) electrons. The van der Waals surface area contributed by atoms with Gasteiger partial charge in [0, 0.05) is 10.3 Å². The van der Waals surface area contributed by atoms with Crippen molar-refractivity contribution in [3.8, 4) is 0 Å². The van der Waals surface area contributed by atoms with Crippen molar-refractivity contribution in [2.24, 2.45) is 0 Å². The quantitative estimate of drug-likeness (QED) is 0.493. The molecule has 2 aromatic heterocycles. The maximum absolute atomic E-state index is 11.8. The number of hydrogen-bond donors (Lipinski definition) is 1. The van der Waals surface area contributed by atoms with Crippen molar-refractivity contribution in [3.63, 3.8) is 0 Å². The van der Waals surface area contributed by atoms with Crippen LogP contribution in [0.5, 0.6) is 0 Å². The van der Waals surface area contributed by atoms with Crippen LogP contribution in [-0.2, 0) is 14.3 Å². The molecule has 1 amide bonds. The molecule has 118 valence electrons. The second-order valence-corrected chi connectivity index (χ2v) is 6.68. The average Bonchev–Trinajstić information content (AvgIpc) is 2.79. The molecule has 0 saturated carbocycles. The third kappa shape index (κ3) is 3.95. The lowest BCUT2D eigenvalue weighted by Gasteiger charge is -2.05. The van der Waals surface area contributed by atoms with E-state index in [0.29, 0.717) is 6.61 Å². The van der Waals surface area contributed by atoms with Crippen LogP contribution in [0.2, 0.25) is 0 Å². The van der Waals surface area contributed by atoms with Gasteiger partial charge in [-0.15, -0.1) is 11.3 Å². The molecule has 2 rings (SSSR count). The summed E-state index contributed by atoms with van der Waals surface area (Å²) in [5, 5.41) is 4.33. The Balaban J connectivity index is 1.97. The molecule has 0 fully saturated rings. The Kier molecular flexibility index (Phi) is 5.73. The molecule has 0 spiro atoms. The Bertz CT molecular complexity index is 700. The summed E-state index contributed by atoms with van der Waals surface area (Å²) in [7, 11) is 0. The van der Waals surface area contributed by atoms with Crippen molar-refractivity contribution >= 4 is 45.2 Å². The Labute approximate surface area is 136 Å². The molecule has 8 heteroatoms. The van der Waals surface area contributed by atoms with Gasteiger partial charge in [-0.1, -0.05) is 11.8 Å². The minimum atomic E-state index is -0.436. The van der Waals surface area contributed by atoms with Crippen molar-refractivity contribution in [3.05, 3.63) is 16.8 Å². The highest BCUT2D eigenvalue weighted by Crippen LogP contribution is 2.34. The maximum atomic E-state index is 11.8. The topological polar surface area (TPSA) is 81.2 Å². The highest BCUT2D eigenvalue weighted by Gasteiger charge is 2.14. The molecule has 0 aliphatic heterocycles. The smallest absolute Gasteiger partial charge is 0.325 e. The van der Waals surface area contributed by atoms with E-state index in [0.717, 1.165) is 20.8 Å². The number of carbonyl (C=O) groups is 2. The van der Waals surface area contributed by atoms with Gasteiger partial charge in [-0.05, 0) is 26.3 Å². The zero-order valence-electron chi connectivity index (χ0n) is 12.6. The monoisotopic (exact) mass is 339 g/mol. The Morgan fingerprint density at radius 3 is 2.86 bits per heavy atom. The zero-order chi connectivity index (χ0) is 16.1. The summed E-state index contributed by atoms with van der Waals surface area (Å²) in [5.41, 5.74) is 1.15. The predicted octanol–water partition coefficient (Wildman–Crippen LogP) is 2.08. The first-order valence-corrected chi connectivity index (χ1v) is 8.59. The van der Waals surface area contributed by atoms with E-state index in [1.165, 1.54) is 23.0 Å². The first-order chi connectivity index (χ1) is 10.5. The Morgan fingerprint density at radius 2 is 2.14 bits per heavy atom. The van der Waals surface area contributed by atoms with Gasteiger partial charge in [0.2, 0.25) is 5.91 Å². The van der Waals surface area contributed by atoms with Crippen LogP contribution in [0.15, 0.2) is 11.4 Å². The third-order valence-corrected chi connectivity index (χ3v) is 5.11. The molecular formula is C14H17N3O3S2. The van der Waals surface area contributed by atoms with Crippen LogP contribution >= 0.6 is 23.1 Å². The van der Waals surface area contributed by atoms with Crippen molar-refractivity contribution in [2.75, 3.05) is 18.9 Å². The summed E-state index contributed by atoms with van der Waals surface area (Å²) in [6.07, 6.45) is 1.51. The van der Waals surface area contributed by atoms with Gasteiger partial charge in [-0.2, -0.15) is 0 Å². The van der Waals surface area contributed by atoms with E-state index in [-0.39, 0.29) is 18.2 Å². The predicted molar refractivity (Wildman–Crippen MR) is 87.3 cm³/mol. The lowest BCUT2D eigenvalue weighted by atomic mass is 10.2. The summed E-state index contributed by atoms with van der Waals surface area (Å²) in [4.78, 5) is 33.6. The van der Waals surface area contributed by atoms with Crippen molar-refractivity contribution in [1.82, 2.24) is 15.3 Å². The summed E-state index contributed by atoms with van der Waals surface area (Å²) in [6, 6.07) is 0. The Hall–Kier alpha value is -1.67. The van der Waals surface area contributed by atoms with E-state index < -0.39 is 5.97 Å². The van der Waals surface area contributed by atoms with E-state index in [4.69, 9.17) is 4.74 Å². The van der Waals surface area contributed by atoms with Crippen LogP contribution in [0.25, 0.3) is 10.2 Å². The normalized spacial score (nSPS) is 10.7. The molecule has 22 heavy (non-hydrogen) atoms. The molecule has 2 aromatic rings. The number of rotatable bonds is 6. The molecule has 2 heterocycles. The van der Waals surface area contributed by atoms with E-state index in [9.17, 15) is 9.59 Å². The molecule has 0 unspecified atom stereocenters. The van der Waals surface area contributed by atoms with Gasteiger partial charge in [0.15, 0.2) is 0 Å². The minimum absolute atomic E-state index is 0.108. The summed E-state index contributed by atoms with van der Waals surface area (Å²) < 4.78 is 4.75. The number of hydrogen-bond acceptors (Lipinski definition) is 7. The first-order valence-electron chi connectivity index (χ1n) is 6.78. The standard InChI is InChI=1S/C14H17N3O3S2/c1-4-20-11(19)5-15-10(18)6-21-13-12-8(2)9(3)22-14(12)17-7-16-13/h7H,4-6H2,1-3H3,(H,15,18). The number of carbonyl (C=O) groups excluding carboxylic acids is 2. The van der Waals surface area contributed by atoms with Crippen LogP contribution in [-0.4, -0.2) is 40.7 Å². The maximum Gasteiger partial charge on any atom is 0.325 e. The number of nitrogens with zero attached hydrogens (tertiary/aromatic N) is 2.